The Hall–Kier alpha value is -0.770. The molecular formula is C8H8N2OS. The van der Waals surface area contributed by atoms with Gasteiger partial charge in [0.1, 0.15) is 6.54 Å². The summed E-state index contributed by atoms with van der Waals surface area (Å²) in [6.45, 7) is 0.487. The largest absolute Gasteiger partial charge is 0.314 e. The van der Waals surface area contributed by atoms with E-state index in [4.69, 9.17) is 0 Å². The summed E-state index contributed by atoms with van der Waals surface area (Å²) in [6.07, 6.45) is 3.56. The number of rotatable bonds is 0. The van der Waals surface area contributed by atoms with Crippen molar-refractivity contribution in [1.82, 2.24) is 4.90 Å². The molecule has 0 bridgehead atoms. The van der Waals surface area contributed by atoms with Gasteiger partial charge in [-0.1, -0.05) is 11.8 Å². The van der Waals surface area contributed by atoms with Crippen LogP contribution < -0.4 is 0 Å². The maximum absolute atomic E-state index is 11.0. The van der Waals surface area contributed by atoms with Crippen LogP contribution in [0.25, 0.3) is 0 Å². The van der Waals surface area contributed by atoms with E-state index in [2.05, 4.69) is 9.89 Å². The number of nitrogens with zero attached hydrogens (tertiary/aromatic N) is 2. The molecule has 3 rings (SSSR count). The third-order valence-corrected chi connectivity index (χ3v) is 3.60. The van der Waals surface area contributed by atoms with Crippen LogP contribution in [-0.2, 0) is 4.79 Å². The van der Waals surface area contributed by atoms with E-state index in [1.807, 2.05) is 0 Å². The van der Waals surface area contributed by atoms with Gasteiger partial charge in [0.05, 0.1) is 0 Å². The molecule has 0 N–H and O–H groups in total. The van der Waals surface area contributed by atoms with Gasteiger partial charge in [0.2, 0.25) is 0 Å². The van der Waals surface area contributed by atoms with E-state index in [0.717, 1.165) is 11.6 Å². The minimum Gasteiger partial charge on any atom is -0.314 e. The lowest BCUT2D eigenvalue weighted by atomic mass is 10.3. The Morgan fingerprint density at radius 1 is 1.42 bits per heavy atom. The van der Waals surface area contributed by atoms with E-state index in [-0.39, 0.29) is 5.91 Å². The van der Waals surface area contributed by atoms with Crippen molar-refractivity contribution < 1.29 is 4.79 Å². The third kappa shape index (κ3) is 0.732. The number of amides is 1. The monoisotopic (exact) mass is 180 g/mol. The Bertz CT molecular complexity index is 332. The van der Waals surface area contributed by atoms with Gasteiger partial charge in [-0.3, -0.25) is 4.79 Å². The molecule has 1 amide bonds. The van der Waals surface area contributed by atoms with E-state index in [1.165, 1.54) is 23.4 Å². The van der Waals surface area contributed by atoms with Crippen molar-refractivity contribution in [2.24, 2.45) is 4.99 Å². The average molecular weight is 180 g/mol. The minimum atomic E-state index is 0.0101. The van der Waals surface area contributed by atoms with Crippen LogP contribution in [-0.4, -0.2) is 22.5 Å². The van der Waals surface area contributed by atoms with Gasteiger partial charge in [0.25, 0.3) is 5.91 Å². The van der Waals surface area contributed by atoms with Crippen LogP contribution in [0.2, 0.25) is 0 Å². The highest BCUT2D eigenvalue weighted by molar-refractivity contribution is 8.17. The fourth-order valence-electron chi connectivity index (χ4n) is 1.90. The smallest absolute Gasteiger partial charge is 0.268 e. The fourth-order valence-corrected chi connectivity index (χ4v) is 3.13. The number of carbonyl (C=O) groups is 1. The maximum Gasteiger partial charge on any atom is 0.268 e. The summed E-state index contributed by atoms with van der Waals surface area (Å²) in [5.41, 5.74) is 1.37. The molecule has 3 nitrogen and oxygen atoms in total. The van der Waals surface area contributed by atoms with Gasteiger partial charge >= 0.3 is 0 Å². The summed E-state index contributed by atoms with van der Waals surface area (Å²) in [4.78, 5) is 18.5. The predicted octanol–water partition coefficient (Wildman–Crippen LogP) is 1.33. The molecule has 0 fully saturated rings. The number of hydrogen-bond donors (Lipinski definition) is 0. The highest BCUT2D eigenvalue weighted by atomic mass is 32.2. The zero-order valence-electron chi connectivity index (χ0n) is 6.54. The number of amidine groups is 1. The summed E-state index contributed by atoms with van der Waals surface area (Å²) in [5, 5.41) is 0.921. The Labute approximate surface area is 74.5 Å². The molecule has 3 aliphatic rings. The molecule has 0 spiro atoms. The summed E-state index contributed by atoms with van der Waals surface area (Å²) in [5.74, 6) is 0.0101. The molecule has 62 valence electrons. The molecule has 0 saturated carbocycles. The van der Waals surface area contributed by atoms with E-state index in [0.29, 0.717) is 6.54 Å². The molecule has 0 radical (unpaired) electrons. The summed E-state index contributed by atoms with van der Waals surface area (Å²) in [6, 6.07) is 0. The average Bonchev–Trinajstić information content (AvgIpc) is 2.59. The van der Waals surface area contributed by atoms with Gasteiger partial charge in [0, 0.05) is 10.6 Å². The van der Waals surface area contributed by atoms with E-state index >= 15 is 0 Å². The van der Waals surface area contributed by atoms with Crippen molar-refractivity contribution in [2.75, 3.05) is 6.54 Å². The van der Waals surface area contributed by atoms with Crippen LogP contribution in [0.3, 0.4) is 0 Å². The fraction of sp³-hybridized carbons (Fsp3) is 0.500. The zero-order chi connectivity index (χ0) is 8.13. The van der Waals surface area contributed by atoms with Gasteiger partial charge in [-0.2, -0.15) is 4.99 Å². The number of carbonyl (C=O) groups excluding carboxylic acids is 1. The Kier molecular flexibility index (Phi) is 1.19. The van der Waals surface area contributed by atoms with Crippen LogP contribution in [0.1, 0.15) is 19.3 Å². The maximum atomic E-state index is 11.0. The van der Waals surface area contributed by atoms with Crippen LogP contribution >= 0.6 is 11.8 Å². The van der Waals surface area contributed by atoms with Gasteiger partial charge < -0.3 is 4.90 Å². The molecule has 0 aromatic heterocycles. The highest BCUT2D eigenvalue weighted by Crippen LogP contribution is 2.45. The first-order valence-electron chi connectivity index (χ1n) is 4.13. The normalized spacial score (nSPS) is 26.5. The Morgan fingerprint density at radius 3 is 3.25 bits per heavy atom. The number of allylic oxidation sites excluding steroid dienone is 2. The lowest BCUT2D eigenvalue weighted by Crippen LogP contribution is -2.21. The number of aliphatic imine (C=N–C) groups is 1. The Balaban J connectivity index is 2.00. The van der Waals surface area contributed by atoms with Crippen LogP contribution in [0.15, 0.2) is 15.6 Å². The SMILES string of the molecule is O=C1CN2C(=N1)SC1=C2CCC1. The topological polar surface area (TPSA) is 32.7 Å². The predicted molar refractivity (Wildman–Crippen MR) is 47.6 cm³/mol. The number of thioether (sulfide) groups is 1. The molecule has 12 heavy (non-hydrogen) atoms. The molecule has 4 heteroatoms. The summed E-state index contributed by atoms with van der Waals surface area (Å²) < 4.78 is 0. The first-order valence-corrected chi connectivity index (χ1v) is 4.95. The van der Waals surface area contributed by atoms with E-state index in [9.17, 15) is 4.79 Å². The molecule has 0 atom stereocenters. The van der Waals surface area contributed by atoms with Gasteiger partial charge in [-0.05, 0) is 19.3 Å². The highest BCUT2D eigenvalue weighted by Gasteiger charge is 2.36. The first kappa shape index (κ1) is 6.71. The van der Waals surface area contributed by atoms with Crippen molar-refractivity contribution in [1.29, 1.82) is 0 Å². The van der Waals surface area contributed by atoms with Crippen LogP contribution in [0.5, 0.6) is 0 Å². The standard InChI is InChI=1S/C8H8N2OS/c11-7-4-10-5-2-1-3-6(5)12-8(10)9-7/h1-4H2. The number of fused-ring (bicyclic) bond motifs is 2. The van der Waals surface area contributed by atoms with Crippen LogP contribution in [0, 0.1) is 0 Å². The molecule has 2 heterocycles. The molecule has 1 aliphatic carbocycles. The van der Waals surface area contributed by atoms with Gasteiger partial charge in [-0.15, -0.1) is 0 Å². The van der Waals surface area contributed by atoms with E-state index < -0.39 is 0 Å². The van der Waals surface area contributed by atoms with Crippen molar-refractivity contribution in [2.45, 2.75) is 19.3 Å². The second kappa shape index (κ2) is 2.13. The van der Waals surface area contributed by atoms with Crippen molar-refractivity contribution in [3.63, 3.8) is 0 Å². The second-order valence-electron chi connectivity index (χ2n) is 3.20. The molecule has 2 aliphatic heterocycles. The number of hydrogen-bond acceptors (Lipinski definition) is 3. The summed E-state index contributed by atoms with van der Waals surface area (Å²) >= 11 is 1.69. The third-order valence-electron chi connectivity index (χ3n) is 2.42. The first-order chi connectivity index (χ1) is 5.84. The second-order valence-corrected chi connectivity index (χ2v) is 4.26. The lowest BCUT2D eigenvalue weighted by molar-refractivity contribution is -0.116. The Morgan fingerprint density at radius 2 is 2.33 bits per heavy atom. The quantitative estimate of drug-likeness (QED) is 0.563. The van der Waals surface area contributed by atoms with Gasteiger partial charge in [0.15, 0.2) is 5.17 Å². The van der Waals surface area contributed by atoms with Gasteiger partial charge in [-0.25, -0.2) is 0 Å². The molecular weight excluding hydrogens is 172 g/mol. The van der Waals surface area contributed by atoms with Crippen LogP contribution in [0.4, 0.5) is 0 Å². The lowest BCUT2D eigenvalue weighted by Gasteiger charge is -2.12. The minimum absolute atomic E-state index is 0.0101. The summed E-state index contributed by atoms with van der Waals surface area (Å²) in [7, 11) is 0. The van der Waals surface area contributed by atoms with Crippen molar-refractivity contribution in [3.05, 3.63) is 10.6 Å². The zero-order valence-corrected chi connectivity index (χ0v) is 7.36. The molecule has 0 saturated heterocycles. The molecule has 0 unspecified atom stereocenters. The van der Waals surface area contributed by atoms with Crippen molar-refractivity contribution in [3.8, 4) is 0 Å². The molecule has 0 aromatic carbocycles. The van der Waals surface area contributed by atoms with E-state index in [1.54, 1.807) is 11.8 Å². The van der Waals surface area contributed by atoms with Crippen molar-refractivity contribution >= 4 is 22.8 Å². The molecule has 0 aromatic rings.